The standard InChI is InChI=1S/C18H32O44S10/c19-63(20)55-15-13(60-70(39,40)41)11(58-68(33,34)35)7(3-50-64(21,22)23)53-17(15)48-1-5-9(56-66(27,28)29)10(57-67(30,31)32)6(52-5)2-49-18-16(62-72(45,46)47)14(61-71(42,43)44)12(59-69(36,37)38)8(54-18)4-51-65(24,25)26/h5-18H,1-4H2,(H,19,20)(H,21,22,23)(H,24,25,26)(H,27,28,29)(H,30,31,32)(H,33,34,35)(H,36,37,38)(H,39,40,41)(H,42,43,44)(H,45,46,47)/p-1/t5-,6-,7+,8+,9-,10-,11-,12-,13+,14+,15-,16-,17-,18-/m1/s1. The fourth-order valence-electron chi connectivity index (χ4n) is 6.01. The maximum atomic E-state index is 12.0. The van der Waals surface area contributed by atoms with Gasteiger partial charge in [-0.1, -0.05) is 0 Å². The maximum Gasteiger partial charge on any atom is 0.397 e. The van der Waals surface area contributed by atoms with Gasteiger partial charge in [0.05, 0.1) is 37.8 Å². The van der Waals surface area contributed by atoms with E-state index in [0.29, 0.717) is 0 Å². The van der Waals surface area contributed by atoms with Gasteiger partial charge in [-0.15, -0.1) is 0 Å². The van der Waals surface area contributed by atoms with Crippen molar-refractivity contribution in [2.24, 2.45) is 0 Å². The lowest BCUT2D eigenvalue weighted by Gasteiger charge is -2.43. The summed E-state index contributed by atoms with van der Waals surface area (Å²) < 4.78 is 386. The third-order valence-electron chi connectivity index (χ3n) is 8.02. The van der Waals surface area contributed by atoms with Gasteiger partial charge in [0.25, 0.3) is 0 Å². The Labute approximate surface area is 406 Å². The average Bonchev–Trinajstić information content (AvgIpc) is 3.41. The van der Waals surface area contributed by atoms with E-state index in [1.54, 1.807) is 0 Å². The van der Waals surface area contributed by atoms with E-state index in [4.69, 9.17) is 32.8 Å². The van der Waals surface area contributed by atoms with E-state index >= 15 is 0 Å². The molecule has 0 aromatic rings. The van der Waals surface area contributed by atoms with E-state index in [1.165, 1.54) is 0 Å². The summed E-state index contributed by atoms with van der Waals surface area (Å²) in [6, 6.07) is 0. The molecular formula is C18H31O44S10-. The molecule has 3 heterocycles. The van der Waals surface area contributed by atoms with Gasteiger partial charge < -0.3 is 28.2 Å². The predicted molar refractivity (Wildman–Crippen MR) is 202 cm³/mol. The Morgan fingerprint density at radius 2 is 0.569 bits per heavy atom. The largest absolute Gasteiger partial charge is 0.750 e. The van der Waals surface area contributed by atoms with Crippen LogP contribution in [0.3, 0.4) is 0 Å². The highest BCUT2D eigenvalue weighted by Gasteiger charge is 2.58. The molecule has 1 unspecified atom stereocenters. The van der Waals surface area contributed by atoms with E-state index in [0.717, 1.165) is 0 Å². The molecule has 0 spiro atoms. The molecule has 54 heteroatoms. The van der Waals surface area contributed by atoms with E-state index in [2.05, 4.69) is 41.8 Å². The second-order valence-electron chi connectivity index (χ2n) is 13.1. The average molecular weight is 1270 g/mol. The highest BCUT2D eigenvalue weighted by molar-refractivity contribution is 7.82. The van der Waals surface area contributed by atoms with Gasteiger partial charge in [-0.2, -0.15) is 75.8 Å². The predicted octanol–water partition coefficient (Wildman–Crippen LogP) is -8.63. The molecule has 15 atom stereocenters. The Morgan fingerprint density at radius 1 is 0.333 bits per heavy atom. The zero-order valence-electron chi connectivity index (χ0n) is 33.3. The van der Waals surface area contributed by atoms with Crippen LogP contribution < -0.4 is 0 Å². The first-order valence-electron chi connectivity index (χ1n) is 16.9. The second-order valence-corrected chi connectivity index (χ2v) is 23.2. The SMILES string of the molecule is O=S([O-])O[C@H]1[C@H](OC[C@H]2O[C@H](CO[C@@H]3O[C@@H](COS(=O)(=O)O)[C@@H](OS(=O)(=O)O)[C@H](OS(=O)(=O)O)[C@H]3OS(=O)(=O)O)[C@@H](OS(=O)(=O)O)[C@@H]2OS(=O)(=O)O)O[C@@H](COS(=O)(=O)O)[C@@H](OS(=O)(=O)O)[C@@H]1OS(=O)(=O)O. The van der Waals surface area contributed by atoms with Crippen LogP contribution in [0.1, 0.15) is 0 Å². The number of hydrogen-bond acceptors (Lipinski definition) is 35. The van der Waals surface area contributed by atoms with Crippen molar-refractivity contribution in [3.63, 3.8) is 0 Å². The lowest BCUT2D eigenvalue weighted by atomic mass is 9.99. The van der Waals surface area contributed by atoms with E-state index < -0.39 is 217 Å². The second kappa shape index (κ2) is 24.2. The minimum Gasteiger partial charge on any atom is -0.750 e. The molecule has 428 valence electrons. The maximum absolute atomic E-state index is 12.0. The highest BCUT2D eigenvalue weighted by atomic mass is 32.3. The Hall–Kier alpha value is -1.30. The normalized spacial score (nSPS) is 32.4. The molecule has 0 saturated carbocycles. The summed E-state index contributed by atoms with van der Waals surface area (Å²) in [6.07, 6.45) is -41.0. The molecule has 0 amide bonds. The van der Waals surface area contributed by atoms with Crippen LogP contribution in [0.5, 0.6) is 0 Å². The topological polar surface area (TPSA) is 668 Å². The molecule has 3 fully saturated rings. The van der Waals surface area contributed by atoms with Gasteiger partial charge in [-0.3, -0.25) is 45.2 Å². The molecule has 3 saturated heterocycles. The number of hydrogen-bond donors (Lipinski definition) is 9. The molecule has 9 N–H and O–H groups in total. The first-order valence-corrected chi connectivity index (χ1v) is 30.2. The smallest absolute Gasteiger partial charge is 0.397 e. The zero-order valence-corrected chi connectivity index (χ0v) is 41.5. The van der Waals surface area contributed by atoms with Crippen LogP contribution in [0.25, 0.3) is 0 Å². The highest BCUT2D eigenvalue weighted by Crippen LogP contribution is 2.36. The molecule has 3 aliphatic rings. The molecule has 0 aromatic heterocycles. The van der Waals surface area contributed by atoms with Crippen molar-refractivity contribution in [1.29, 1.82) is 0 Å². The molecule has 44 nitrogen and oxygen atoms in total. The quantitative estimate of drug-likeness (QED) is 0.0259. The van der Waals surface area contributed by atoms with Crippen LogP contribution in [0, 0.1) is 0 Å². The first kappa shape index (κ1) is 65.0. The van der Waals surface area contributed by atoms with Gasteiger partial charge in [-0.25, -0.2) is 41.9 Å². The summed E-state index contributed by atoms with van der Waals surface area (Å²) in [5.74, 6) is 0. The van der Waals surface area contributed by atoms with Gasteiger partial charge in [0.1, 0.15) is 61.0 Å². The van der Waals surface area contributed by atoms with Crippen molar-refractivity contribution in [2.45, 2.75) is 85.8 Å². The summed E-state index contributed by atoms with van der Waals surface area (Å²) in [7, 11) is -53.6. The van der Waals surface area contributed by atoms with Crippen LogP contribution in [0.2, 0.25) is 0 Å². The fourth-order valence-corrected chi connectivity index (χ4v) is 10.5. The lowest BCUT2D eigenvalue weighted by Crippen LogP contribution is -2.63. The molecule has 3 rings (SSSR count). The van der Waals surface area contributed by atoms with Gasteiger partial charge in [0, 0.05) is 0 Å². The monoisotopic (exact) mass is 1270 g/mol. The summed E-state index contributed by atoms with van der Waals surface area (Å²) in [5, 5.41) is 0. The minimum absolute atomic E-state index is 1.71. The molecule has 3 aliphatic heterocycles. The Kier molecular flexibility index (Phi) is 21.8. The molecule has 0 radical (unpaired) electrons. The minimum atomic E-state index is -6.12. The van der Waals surface area contributed by atoms with Crippen molar-refractivity contribution in [2.75, 3.05) is 26.4 Å². The van der Waals surface area contributed by atoms with Crippen molar-refractivity contribution in [3.8, 4) is 0 Å². The zero-order chi connectivity index (χ0) is 55.6. The van der Waals surface area contributed by atoms with E-state index in [9.17, 15) is 116 Å². The van der Waals surface area contributed by atoms with Crippen LogP contribution >= 0.6 is 0 Å². The molecular weight excluding hydrogens is 1240 g/mol. The van der Waals surface area contributed by atoms with E-state index in [1.807, 2.05) is 0 Å². The van der Waals surface area contributed by atoms with Crippen LogP contribution in [-0.4, -0.2) is 238 Å². The number of ether oxygens (including phenoxy) is 5. The summed E-state index contributed by atoms with van der Waals surface area (Å²) in [4.78, 5) is 0. The Morgan fingerprint density at radius 3 is 0.847 bits per heavy atom. The summed E-state index contributed by atoms with van der Waals surface area (Å²) >= 11 is -4.02. The van der Waals surface area contributed by atoms with Gasteiger partial charge in [0.15, 0.2) is 24.8 Å². The van der Waals surface area contributed by atoms with Crippen LogP contribution in [-0.2, 0) is 170 Å². The molecule has 0 aliphatic carbocycles. The van der Waals surface area contributed by atoms with Crippen LogP contribution in [0.4, 0.5) is 0 Å². The van der Waals surface area contributed by atoms with Crippen LogP contribution in [0.15, 0.2) is 0 Å². The van der Waals surface area contributed by atoms with Crippen molar-refractivity contribution >= 4 is 105 Å². The first-order chi connectivity index (χ1) is 32.1. The van der Waals surface area contributed by atoms with Crippen molar-refractivity contribution in [3.05, 3.63) is 0 Å². The van der Waals surface area contributed by atoms with Gasteiger partial charge >= 0.3 is 93.6 Å². The molecule has 72 heavy (non-hydrogen) atoms. The molecule has 0 aromatic carbocycles. The number of rotatable bonds is 28. The Bertz CT molecular complexity index is 2950. The third kappa shape index (κ3) is 23.5. The van der Waals surface area contributed by atoms with Gasteiger partial charge in [-0.05, 0) is 0 Å². The van der Waals surface area contributed by atoms with Crippen molar-refractivity contribution in [1.82, 2.24) is 0 Å². The summed E-state index contributed by atoms with van der Waals surface area (Å²) in [5.41, 5.74) is 0. The third-order valence-corrected chi connectivity index (χ3v) is 12.5. The molecule has 0 bridgehead atoms. The van der Waals surface area contributed by atoms with Gasteiger partial charge in [0.2, 0.25) is 0 Å². The van der Waals surface area contributed by atoms with E-state index in [-0.39, 0.29) is 0 Å². The Balaban J connectivity index is 2.20. The summed E-state index contributed by atoms with van der Waals surface area (Å²) in [6.45, 7) is -7.13. The fraction of sp³-hybridized carbons (Fsp3) is 1.00. The lowest BCUT2D eigenvalue weighted by molar-refractivity contribution is -0.296. The van der Waals surface area contributed by atoms with Crippen molar-refractivity contribution < 1.29 is 191 Å².